The molecule has 156 valence electrons. The number of hydrogen-bond donors (Lipinski definition) is 1. The van der Waals surface area contributed by atoms with Gasteiger partial charge in [-0.1, -0.05) is 36.0 Å². The van der Waals surface area contributed by atoms with Crippen molar-refractivity contribution < 1.29 is 18.7 Å². The number of aromatic nitrogens is 3. The Morgan fingerprint density at radius 3 is 2.70 bits per heavy atom. The molecule has 0 saturated carbocycles. The summed E-state index contributed by atoms with van der Waals surface area (Å²) in [5.74, 6) is 0.0971. The van der Waals surface area contributed by atoms with E-state index in [0.29, 0.717) is 22.3 Å². The van der Waals surface area contributed by atoms with E-state index >= 15 is 0 Å². The number of Topliss-reactive ketones (excluding diaryl/α,β-unsaturated/α-hetero) is 1. The fraction of sp³-hybridized carbons (Fsp3) is 0.238. The predicted octanol–water partition coefficient (Wildman–Crippen LogP) is 3.43. The molecule has 0 fully saturated rings. The summed E-state index contributed by atoms with van der Waals surface area (Å²) in [7, 11) is 3.30. The van der Waals surface area contributed by atoms with E-state index in [1.54, 1.807) is 56.0 Å². The van der Waals surface area contributed by atoms with Gasteiger partial charge in [-0.2, -0.15) is 0 Å². The molecule has 0 spiro atoms. The molecule has 1 N–H and O–H groups in total. The average molecular weight is 428 g/mol. The Morgan fingerprint density at radius 2 is 1.97 bits per heavy atom. The van der Waals surface area contributed by atoms with Gasteiger partial charge >= 0.3 is 0 Å². The van der Waals surface area contributed by atoms with Crippen LogP contribution in [0.25, 0.3) is 0 Å². The minimum atomic E-state index is -0.590. The van der Waals surface area contributed by atoms with Crippen molar-refractivity contribution >= 4 is 23.5 Å². The Balaban J connectivity index is 1.64. The molecular formula is C21H21FN4O3S. The number of nitrogens with zero attached hydrogens (tertiary/aromatic N) is 3. The highest BCUT2D eigenvalue weighted by molar-refractivity contribution is 7.99. The van der Waals surface area contributed by atoms with Gasteiger partial charge in [0, 0.05) is 12.6 Å². The first-order valence-electron chi connectivity index (χ1n) is 9.15. The maximum absolute atomic E-state index is 13.8. The average Bonchev–Trinajstić information content (AvgIpc) is 3.12. The Bertz CT molecular complexity index is 1070. The number of hydrogen-bond acceptors (Lipinski definition) is 6. The van der Waals surface area contributed by atoms with Crippen LogP contribution in [0.1, 0.15) is 39.5 Å². The van der Waals surface area contributed by atoms with E-state index in [1.165, 1.54) is 30.0 Å². The molecule has 0 saturated heterocycles. The van der Waals surface area contributed by atoms with Crippen LogP contribution in [-0.2, 0) is 7.05 Å². The molecule has 7 nitrogen and oxygen atoms in total. The van der Waals surface area contributed by atoms with E-state index in [2.05, 4.69) is 15.5 Å². The summed E-state index contributed by atoms with van der Waals surface area (Å²) < 4.78 is 20.7. The van der Waals surface area contributed by atoms with Gasteiger partial charge in [-0.15, -0.1) is 10.2 Å². The van der Waals surface area contributed by atoms with Crippen LogP contribution >= 0.6 is 11.8 Å². The van der Waals surface area contributed by atoms with Gasteiger partial charge in [-0.05, 0) is 31.2 Å². The molecule has 1 aromatic heterocycles. The highest BCUT2D eigenvalue weighted by Gasteiger charge is 2.20. The van der Waals surface area contributed by atoms with Crippen molar-refractivity contribution in [2.75, 3.05) is 12.9 Å². The van der Waals surface area contributed by atoms with E-state index in [-0.39, 0.29) is 17.1 Å². The lowest BCUT2D eigenvalue weighted by Gasteiger charge is -2.14. The molecule has 0 radical (unpaired) electrons. The summed E-state index contributed by atoms with van der Waals surface area (Å²) in [5, 5.41) is 11.5. The molecule has 2 aromatic carbocycles. The van der Waals surface area contributed by atoms with Crippen LogP contribution in [0.3, 0.4) is 0 Å². The van der Waals surface area contributed by atoms with Crippen molar-refractivity contribution in [3.8, 4) is 5.75 Å². The highest BCUT2D eigenvalue weighted by Crippen LogP contribution is 2.22. The molecule has 0 aliphatic rings. The molecule has 1 atom stereocenters. The van der Waals surface area contributed by atoms with Crippen LogP contribution in [0.15, 0.2) is 53.7 Å². The molecule has 0 unspecified atom stereocenters. The second-order valence-electron chi connectivity index (χ2n) is 6.52. The number of carbonyl (C=O) groups excluding carboxylic acids is 2. The van der Waals surface area contributed by atoms with E-state index in [4.69, 9.17) is 4.74 Å². The lowest BCUT2D eigenvalue weighted by atomic mass is 10.1. The van der Waals surface area contributed by atoms with Gasteiger partial charge < -0.3 is 14.6 Å². The standard InChI is InChI=1S/C21H21FN4O3S/c1-13(23-20(28)16-9-4-5-10-17(16)22)19-24-25-21(26(19)2)30-12-18(27)14-7-6-8-15(11-14)29-3/h4-11,13H,12H2,1-3H3,(H,23,28)/t13-/m1/s1. The SMILES string of the molecule is COc1cccc(C(=O)CSc2nnc([C@@H](C)NC(=O)c3ccccc3F)n2C)c1. The monoisotopic (exact) mass is 428 g/mol. The van der Waals surface area contributed by atoms with Gasteiger partial charge in [0.2, 0.25) is 0 Å². The van der Waals surface area contributed by atoms with Crippen molar-refractivity contribution in [3.63, 3.8) is 0 Å². The zero-order valence-corrected chi connectivity index (χ0v) is 17.6. The largest absolute Gasteiger partial charge is 0.497 e. The van der Waals surface area contributed by atoms with Crippen LogP contribution in [0.2, 0.25) is 0 Å². The van der Waals surface area contributed by atoms with Gasteiger partial charge in [-0.25, -0.2) is 4.39 Å². The van der Waals surface area contributed by atoms with E-state index in [9.17, 15) is 14.0 Å². The number of ether oxygens (including phenoxy) is 1. The Labute approximate surface area is 177 Å². The van der Waals surface area contributed by atoms with Crippen molar-refractivity contribution in [2.24, 2.45) is 7.05 Å². The number of benzene rings is 2. The zero-order valence-electron chi connectivity index (χ0n) is 16.8. The van der Waals surface area contributed by atoms with Crippen molar-refractivity contribution in [3.05, 3.63) is 71.3 Å². The minimum absolute atomic E-state index is 0.0370. The third-order valence-electron chi connectivity index (χ3n) is 4.45. The summed E-state index contributed by atoms with van der Waals surface area (Å²) in [4.78, 5) is 24.8. The van der Waals surface area contributed by atoms with E-state index < -0.39 is 17.8 Å². The predicted molar refractivity (Wildman–Crippen MR) is 111 cm³/mol. The van der Waals surface area contributed by atoms with Gasteiger partial charge in [0.05, 0.1) is 24.5 Å². The van der Waals surface area contributed by atoms with Gasteiger partial charge in [0.1, 0.15) is 11.6 Å². The third kappa shape index (κ3) is 4.85. The van der Waals surface area contributed by atoms with Crippen molar-refractivity contribution in [1.29, 1.82) is 0 Å². The van der Waals surface area contributed by atoms with Crippen molar-refractivity contribution in [2.45, 2.75) is 18.1 Å². The minimum Gasteiger partial charge on any atom is -0.497 e. The molecule has 9 heteroatoms. The molecule has 1 heterocycles. The molecule has 3 rings (SSSR count). The highest BCUT2D eigenvalue weighted by atomic mass is 32.2. The molecule has 30 heavy (non-hydrogen) atoms. The quantitative estimate of drug-likeness (QED) is 0.437. The fourth-order valence-electron chi connectivity index (χ4n) is 2.82. The first-order chi connectivity index (χ1) is 14.4. The first-order valence-corrected chi connectivity index (χ1v) is 10.1. The van der Waals surface area contributed by atoms with Crippen LogP contribution in [0.5, 0.6) is 5.75 Å². The second-order valence-corrected chi connectivity index (χ2v) is 7.46. The summed E-state index contributed by atoms with van der Waals surface area (Å²) >= 11 is 1.25. The third-order valence-corrected chi connectivity index (χ3v) is 5.47. The van der Waals surface area contributed by atoms with Crippen LogP contribution in [0, 0.1) is 5.82 Å². The molecule has 0 aliphatic carbocycles. The summed E-state index contributed by atoms with van der Waals surface area (Å²) in [6.07, 6.45) is 0. The number of amides is 1. The lowest BCUT2D eigenvalue weighted by Crippen LogP contribution is -2.29. The van der Waals surface area contributed by atoms with Crippen LogP contribution in [0.4, 0.5) is 4.39 Å². The van der Waals surface area contributed by atoms with Crippen molar-refractivity contribution in [1.82, 2.24) is 20.1 Å². The summed E-state index contributed by atoms with van der Waals surface area (Å²) in [6, 6.07) is 12.2. The number of nitrogens with one attached hydrogen (secondary N) is 1. The maximum atomic E-state index is 13.8. The molecule has 0 aliphatic heterocycles. The molecule has 0 bridgehead atoms. The lowest BCUT2D eigenvalue weighted by molar-refractivity contribution is 0.0933. The summed E-state index contributed by atoms with van der Waals surface area (Å²) in [6.45, 7) is 1.73. The summed E-state index contributed by atoms with van der Waals surface area (Å²) in [5.41, 5.74) is 0.514. The fourth-order valence-corrected chi connectivity index (χ4v) is 3.64. The Hall–Kier alpha value is -3.20. The topological polar surface area (TPSA) is 86.1 Å². The van der Waals surface area contributed by atoms with Gasteiger partial charge in [0.15, 0.2) is 16.8 Å². The van der Waals surface area contributed by atoms with E-state index in [1.807, 2.05) is 0 Å². The zero-order chi connectivity index (χ0) is 21.7. The normalized spacial score (nSPS) is 11.7. The van der Waals surface area contributed by atoms with Crippen LogP contribution in [-0.4, -0.2) is 39.3 Å². The number of halogens is 1. The molecule has 1 amide bonds. The Morgan fingerprint density at radius 1 is 1.20 bits per heavy atom. The Kier molecular flexibility index (Phi) is 6.83. The molecule has 3 aromatic rings. The van der Waals surface area contributed by atoms with Crippen LogP contribution < -0.4 is 10.1 Å². The maximum Gasteiger partial charge on any atom is 0.254 e. The number of carbonyl (C=O) groups is 2. The second kappa shape index (κ2) is 9.53. The number of methoxy groups -OCH3 is 1. The van der Waals surface area contributed by atoms with E-state index in [0.717, 1.165) is 0 Å². The van der Waals surface area contributed by atoms with Gasteiger partial charge in [0.25, 0.3) is 5.91 Å². The molecular weight excluding hydrogens is 407 g/mol. The number of thioether (sulfide) groups is 1. The first kappa shape index (κ1) is 21.5. The number of rotatable bonds is 8. The smallest absolute Gasteiger partial charge is 0.254 e. The number of ketones is 1. The van der Waals surface area contributed by atoms with Gasteiger partial charge in [-0.3, -0.25) is 9.59 Å².